The van der Waals surface area contributed by atoms with Gasteiger partial charge in [-0.3, -0.25) is 4.79 Å². The van der Waals surface area contributed by atoms with Crippen molar-refractivity contribution in [3.05, 3.63) is 162 Å². The van der Waals surface area contributed by atoms with Crippen LogP contribution in [0.2, 0.25) is 0 Å². The van der Waals surface area contributed by atoms with Gasteiger partial charge in [0, 0.05) is 33.0 Å². The van der Waals surface area contributed by atoms with E-state index in [0.717, 1.165) is 27.8 Å². The summed E-state index contributed by atoms with van der Waals surface area (Å²) in [6.45, 7) is 4.65. The van der Waals surface area contributed by atoms with Crippen LogP contribution in [0.3, 0.4) is 0 Å². The van der Waals surface area contributed by atoms with Gasteiger partial charge in [-0.1, -0.05) is 117 Å². The molecule has 0 N–H and O–H groups in total. The number of hydrogen-bond acceptors (Lipinski definition) is 1. The maximum atomic E-state index is 13.8. The summed E-state index contributed by atoms with van der Waals surface area (Å²) in [6.07, 6.45) is 0. The maximum Gasteiger partial charge on any atom is 0.193 e. The van der Waals surface area contributed by atoms with Crippen LogP contribution >= 0.6 is 0 Å². The molecule has 0 saturated carbocycles. The second-order valence-corrected chi connectivity index (χ2v) is 11.8. The number of nitrogens with zero attached hydrogens (tertiary/aromatic N) is 1. The van der Waals surface area contributed by atoms with Crippen molar-refractivity contribution in [1.82, 2.24) is 4.57 Å². The number of hydrogen-bond donors (Lipinski definition) is 0. The van der Waals surface area contributed by atoms with Crippen LogP contribution in [-0.2, 0) is 5.41 Å². The van der Waals surface area contributed by atoms with Crippen molar-refractivity contribution in [3.63, 3.8) is 0 Å². The summed E-state index contributed by atoms with van der Waals surface area (Å²) in [5, 5.41) is 2.45. The van der Waals surface area contributed by atoms with E-state index in [-0.39, 0.29) is 11.2 Å². The van der Waals surface area contributed by atoms with Gasteiger partial charge in [0.15, 0.2) is 5.78 Å². The van der Waals surface area contributed by atoms with Gasteiger partial charge in [0.1, 0.15) is 0 Å². The number of rotatable bonds is 4. The Morgan fingerprint density at radius 1 is 0.524 bits per heavy atom. The fraction of sp³-hybridized carbons (Fsp3) is 0.0750. The first-order valence-corrected chi connectivity index (χ1v) is 14.5. The molecule has 42 heavy (non-hydrogen) atoms. The molecule has 0 unspecified atom stereocenters. The minimum Gasteiger partial charge on any atom is -0.309 e. The SMILES string of the molecule is CC1(C)c2ccccc2-c2cc3c(cc21)c1ccccc1n3-c1cccc(C(=O)c2cccc(-c3ccccc3)c2)c1. The molecule has 0 radical (unpaired) electrons. The Bertz CT molecular complexity index is 2180. The molecule has 8 rings (SSSR count). The average molecular weight is 540 g/mol. The van der Waals surface area contributed by atoms with Crippen molar-refractivity contribution < 1.29 is 4.79 Å². The van der Waals surface area contributed by atoms with E-state index in [2.05, 4.69) is 103 Å². The first-order valence-electron chi connectivity index (χ1n) is 14.5. The van der Waals surface area contributed by atoms with Crippen LogP contribution in [0.1, 0.15) is 40.9 Å². The first kappa shape index (κ1) is 24.6. The molecule has 1 aromatic heterocycles. The summed E-state index contributed by atoms with van der Waals surface area (Å²) < 4.78 is 2.32. The second-order valence-electron chi connectivity index (χ2n) is 11.8. The number of carbonyl (C=O) groups excluding carboxylic acids is 1. The predicted molar refractivity (Wildman–Crippen MR) is 174 cm³/mol. The zero-order chi connectivity index (χ0) is 28.4. The van der Waals surface area contributed by atoms with E-state index in [4.69, 9.17) is 0 Å². The van der Waals surface area contributed by atoms with E-state index in [1.54, 1.807) is 0 Å². The van der Waals surface area contributed by atoms with E-state index < -0.39 is 0 Å². The van der Waals surface area contributed by atoms with Crippen LogP contribution < -0.4 is 0 Å². The number of ketones is 1. The van der Waals surface area contributed by atoms with E-state index in [0.29, 0.717) is 11.1 Å². The smallest absolute Gasteiger partial charge is 0.193 e. The largest absolute Gasteiger partial charge is 0.309 e. The van der Waals surface area contributed by atoms with Gasteiger partial charge in [-0.05, 0) is 69.8 Å². The molecule has 0 fully saturated rings. The Labute approximate surface area is 245 Å². The third-order valence-electron chi connectivity index (χ3n) is 8.97. The van der Waals surface area contributed by atoms with Gasteiger partial charge in [-0.15, -0.1) is 0 Å². The zero-order valence-corrected chi connectivity index (χ0v) is 23.6. The molecule has 0 atom stereocenters. The quantitative estimate of drug-likeness (QED) is 0.204. The normalized spacial score (nSPS) is 13.3. The third-order valence-corrected chi connectivity index (χ3v) is 8.97. The molecule has 1 aliphatic rings. The summed E-state index contributed by atoms with van der Waals surface area (Å²) in [4.78, 5) is 13.8. The summed E-state index contributed by atoms with van der Waals surface area (Å²) >= 11 is 0. The topological polar surface area (TPSA) is 22.0 Å². The van der Waals surface area contributed by atoms with Gasteiger partial charge in [0.05, 0.1) is 11.0 Å². The molecule has 2 nitrogen and oxygen atoms in total. The van der Waals surface area contributed by atoms with Crippen molar-refractivity contribution in [2.75, 3.05) is 0 Å². The first-order chi connectivity index (χ1) is 20.5. The van der Waals surface area contributed by atoms with Gasteiger partial charge in [0.25, 0.3) is 0 Å². The van der Waals surface area contributed by atoms with Crippen molar-refractivity contribution in [2.45, 2.75) is 19.3 Å². The zero-order valence-electron chi connectivity index (χ0n) is 23.6. The van der Waals surface area contributed by atoms with Crippen LogP contribution in [0, 0.1) is 0 Å². The number of carbonyl (C=O) groups is 1. The van der Waals surface area contributed by atoms with Gasteiger partial charge in [-0.2, -0.15) is 0 Å². The summed E-state index contributed by atoms with van der Waals surface area (Å²) in [6, 6.07) is 48.3. The van der Waals surface area contributed by atoms with Crippen LogP contribution in [-0.4, -0.2) is 10.4 Å². The Balaban J connectivity index is 1.30. The molecule has 0 bridgehead atoms. The Kier molecular flexibility index (Phi) is 5.36. The van der Waals surface area contributed by atoms with Crippen LogP contribution in [0.15, 0.2) is 140 Å². The molecule has 0 spiro atoms. The number of benzene rings is 6. The fourth-order valence-corrected chi connectivity index (χ4v) is 6.86. The molecule has 2 heteroatoms. The predicted octanol–water partition coefficient (Wildman–Crippen LogP) is 9.99. The Morgan fingerprint density at radius 2 is 1.21 bits per heavy atom. The van der Waals surface area contributed by atoms with E-state index in [1.165, 1.54) is 33.0 Å². The minimum atomic E-state index is -0.0655. The molecule has 7 aromatic rings. The molecule has 6 aromatic carbocycles. The van der Waals surface area contributed by atoms with Gasteiger partial charge < -0.3 is 4.57 Å². The van der Waals surface area contributed by atoms with Gasteiger partial charge in [-0.25, -0.2) is 0 Å². The van der Waals surface area contributed by atoms with Crippen molar-refractivity contribution >= 4 is 27.6 Å². The highest BCUT2D eigenvalue weighted by Crippen LogP contribution is 2.50. The standard InChI is InChI=1S/C40H29NO/c1-40(2)35-20-8-6-18-31(35)33-25-38-34(24-36(33)40)32-19-7-9-21-37(32)41(38)30-17-11-16-29(23-30)39(42)28-15-10-14-27(22-28)26-12-4-3-5-13-26/h3-25H,1-2H3. The molecule has 1 heterocycles. The lowest BCUT2D eigenvalue weighted by atomic mass is 9.82. The number of para-hydroxylation sites is 1. The monoisotopic (exact) mass is 539 g/mol. The lowest BCUT2D eigenvalue weighted by Gasteiger charge is -2.21. The molecular formula is C40H29NO. The molecule has 0 amide bonds. The lowest BCUT2D eigenvalue weighted by Crippen LogP contribution is -2.14. The molecule has 1 aliphatic carbocycles. The van der Waals surface area contributed by atoms with Gasteiger partial charge in [0.2, 0.25) is 0 Å². The summed E-state index contributed by atoms with van der Waals surface area (Å²) in [7, 11) is 0. The molecular weight excluding hydrogens is 510 g/mol. The highest BCUT2D eigenvalue weighted by atomic mass is 16.1. The second kappa shape index (κ2) is 9.15. The molecule has 0 saturated heterocycles. The maximum absolute atomic E-state index is 13.8. The van der Waals surface area contributed by atoms with Crippen molar-refractivity contribution in [3.8, 4) is 27.9 Å². The van der Waals surface area contributed by atoms with Crippen molar-refractivity contribution in [2.24, 2.45) is 0 Å². The number of aromatic nitrogens is 1. The van der Waals surface area contributed by atoms with Crippen LogP contribution in [0.5, 0.6) is 0 Å². The Hall–Kier alpha value is -5.21. The summed E-state index contributed by atoms with van der Waals surface area (Å²) in [5.74, 6) is 0.0203. The van der Waals surface area contributed by atoms with E-state index >= 15 is 0 Å². The van der Waals surface area contributed by atoms with E-state index in [1.807, 2.05) is 54.6 Å². The van der Waals surface area contributed by atoms with Gasteiger partial charge >= 0.3 is 0 Å². The molecule has 0 aliphatic heterocycles. The minimum absolute atomic E-state index is 0.0203. The van der Waals surface area contributed by atoms with E-state index in [9.17, 15) is 4.79 Å². The van der Waals surface area contributed by atoms with Crippen molar-refractivity contribution in [1.29, 1.82) is 0 Å². The fourth-order valence-electron chi connectivity index (χ4n) is 6.86. The molecule has 200 valence electrons. The lowest BCUT2D eigenvalue weighted by molar-refractivity contribution is 0.103. The van der Waals surface area contributed by atoms with Crippen LogP contribution in [0.25, 0.3) is 49.7 Å². The average Bonchev–Trinajstić information content (AvgIpc) is 3.49. The van der Waals surface area contributed by atoms with Crippen LogP contribution in [0.4, 0.5) is 0 Å². The highest BCUT2D eigenvalue weighted by Gasteiger charge is 2.36. The third kappa shape index (κ3) is 3.62. The number of fused-ring (bicyclic) bond motifs is 6. The summed E-state index contributed by atoms with van der Waals surface area (Å²) in [5.41, 5.74) is 12.0. The Morgan fingerprint density at radius 3 is 2.07 bits per heavy atom. The highest BCUT2D eigenvalue weighted by molar-refractivity contribution is 6.12.